The van der Waals surface area contributed by atoms with E-state index in [4.69, 9.17) is 11.6 Å². The van der Waals surface area contributed by atoms with E-state index in [1.54, 1.807) is 0 Å². The molecule has 20 heavy (non-hydrogen) atoms. The minimum atomic E-state index is -0.542. The Morgan fingerprint density at radius 2 is 2.05 bits per heavy atom. The summed E-state index contributed by atoms with van der Waals surface area (Å²) in [5.74, 6) is -1.16. The Hall–Kier alpha value is -2.33. The summed E-state index contributed by atoms with van der Waals surface area (Å²) in [5, 5.41) is 12.6. The fourth-order valence-corrected chi connectivity index (χ4v) is 1.87. The highest BCUT2D eigenvalue weighted by molar-refractivity contribution is 6.31. The number of benzene rings is 2. The van der Waals surface area contributed by atoms with Crippen LogP contribution in [-0.4, -0.2) is 11.0 Å². The average Bonchev–Trinajstić information content (AvgIpc) is 2.43. The minimum Gasteiger partial charge on any atom is -0.507 e. The van der Waals surface area contributed by atoms with E-state index in [2.05, 4.69) is 11.9 Å². The van der Waals surface area contributed by atoms with Crippen molar-refractivity contribution in [3.8, 4) is 5.75 Å². The van der Waals surface area contributed by atoms with Crippen LogP contribution >= 0.6 is 11.6 Å². The van der Waals surface area contributed by atoms with E-state index < -0.39 is 11.7 Å². The Morgan fingerprint density at radius 3 is 2.75 bits per heavy atom. The second kappa shape index (κ2) is 5.75. The van der Waals surface area contributed by atoms with Gasteiger partial charge in [0.1, 0.15) is 11.6 Å². The van der Waals surface area contributed by atoms with Gasteiger partial charge in [0.05, 0.1) is 5.56 Å². The van der Waals surface area contributed by atoms with Gasteiger partial charge in [-0.2, -0.15) is 0 Å². The van der Waals surface area contributed by atoms with Crippen molar-refractivity contribution in [2.75, 3.05) is 5.32 Å². The van der Waals surface area contributed by atoms with Crippen molar-refractivity contribution in [2.45, 2.75) is 0 Å². The summed E-state index contributed by atoms with van der Waals surface area (Å²) >= 11 is 5.79. The second-order valence-corrected chi connectivity index (χ2v) is 4.49. The molecule has 0 aliphatic heterocycles. The molecule has 0 fully saturated rings. The molecule has 5 heteroatoms. The number of carbonyl (C=O) groups excluding carboxylic acids is 1. The van der Waals surface area contributed by atoms with E-state index in [1.807, 2.05) is 0 Å². The van der Waals surface area contributed by atoms with Gasteiger partial charge < -0.3 is 10.4 Å². The van der Waals surface area contributed by atoms with Gasteiger partial charge in [0.2, 0.25) is 0 Å². The van der Waals surface area contributed by atoms with Crippen LogP contribution in [0.2, 0.25) is 5.02 Å². The summed E-state index contributed by atoms with van der Waals surface area (Å²) in [6.07, 6.45) is 1.43. The molecule has 0 aliphatic carbocycles. The van der Waals surface area contributed by atoms with Crippen LogP contribution in [0.5, 0.6) is 5.75 Å². The van der Waals surface area contributed by atoms with Gasteiger partial charge in [0, 0.05) is 16.3 Å². The van der Waals surface area contributed by atoms with E-state index in [9.17, 15) is 14.3 Å². The summed E-state index contributed by atoms with van der Waals surface area (Å²) in [5.41, 5.74) is 0.877. The smallest absolute Gasteiger partial charge is 0.259 e. The third-order valence-electron chi connectivity index (χ3n) is 2.68. The number of hydrogen-bond donors (Lipinski definition) is 2. The van der Waals surface area contributed by atoms with Gasteiger partial charge in [-0.25, -0.2) is 4.39 Å². The van der Waals surface area contributed by atoms with Crippen molar-refractivity contribution in [1.82, 2.24) is 0 Å². The Kier molecular flexibility index (Phi) is 4.05. The van der Waals surface area contributed by atoms with E-state index in [0.717, 1.165) is 0 Å². The number of nitrogens with one attached hydrogen (secondary N) is 1. The first-order valence-corrected chi connectivity index (χ1v) is 6.11. The molecular formula is C15H11ClFNO2. The summed E-state index contributed by atoms with van der Waals surface area (Å²) < 4.78 is 13.1. The highest BCUT2D eigenvalue weighted by Crippen LogP contribution is 2.24. The largest absolute Gasteiger partial charge is 0.507 e. The van der Waals surface area contributed by atoms with Crippen molar-refractivity contribution in [3.63, 3.8) is 0 Å². The molecule has 1 amide bonds. The molecule has 0 bridgehead atoms. The zero-order valence-electron chi connectivity index (χ0n) is 10.4. The van der Waals surface area contributed by atoms with Gasteiger partial charge in [0.15, 0.2) is 0 Å². The van der Waals surface area contributed by atoms with Crippen molar-refractivity contribution >= 4 is 29.3 Å². The van der Waals surface area contributed by atoms with Crippen molar-refractivity contribution in [1.29, 1.82) is 0 Å². The lowest BCUT2D eigenvalue weighted by Gasteiger charge is -2.10. The Bertz CT molecular complexity index is 686. The number of phenols is 1. The third-order valence-corrected chi connectivity index (χ3v) is 2.92. The summed E-state index contributed by atoms with van der Waals surface area (Å²) in [4.78, 5) is 12.1. The molecule has 2 N–H and O–H groups in total. The van der Waals surface area contributed by atoms with Gasteiger partial charge in [-0.05, 0) is 36.4 Å². The molecule has 0 aromatic heterocycles. The number of hydrogen-bond acceptors (Lipinski definition) is 2. The zero-order valence-corrected chi connectivity index (χ0v) is 11.1. The summed E-state index contributed by atoms with van der Waals surface area (Å²) in [6.45, 7) is 3.56. The van der Waals surface area contributed by atoms with Crippen molar-refractivity contribution in [3.05, 3.63) is 64.9 Å². The highest BCUT2D eigenvalue weighted by Gasteiger charge is 2.13. The van der Waals surface area contributed by atoms with Crippen LogP contribution in [0.15, 0.2) is 43.0 Å². The van der Waals surface area contributed by atoms with Crippen LogP contribution < -0.4 is 5.32 Å². The number of phenolic OH excluding ortho intramolecular Hbond substituents is 1. The standard InChI is InChI=1S/C15H11ClFNO2/c1-2-9-7-11(17)4-5-13(9)18-15(20)12-8-10(16)3-6-14(12)19/h2-8,19H,1H2,(H,18,20). The maximum atomic E-state index is 13.1. The molecule has 2 aromatic rings. The molecule has 0 spiro atoms. The monoisotopic (exact) mass is 291 g/mol. The van der Waals surface area contributed by atoms with Gasteiger partial charge in [-0.1, -0.05) is 24.3 Å². The molecule has 0 aliphatic rings. The van der Waals surface area contributed by atoms with E-state index in [0.29, 0.717) is 16.3 Å². The molecule has 0 unspecified atom stereocenters. The topological polar surface area (TPSA) is 49.3 Å². The predicted octanol–water partition coefficient (Wildman–Crippen LogP) is 4.08. The van der Waals surface area contributed by atoms with Crippen molar-refractivity contribution in [2.24, 2.45) is 0 Å². The lowest BCUT2D eigenvalue weighted by atomic mass is 10.1. The Labute approximate surface area is 120 Å². The van der Waals surface area contributed by atoms with E-state index >= 15 is 0 Å². The first-order chi connectivity index (χ1) is 9.51. The maximum absolute atomic E-state index is 13.1. The lowest BCUT2D eigenvalue weighted by Crippen LogP contribution is -2.13. The van der Waals surface area contributed by atoms with E-state index in [1.165, 1.54) is 42.5 Å². The van der Waals surface area contributed by atoms with Crippen LogP contribution in [0.1, 0.15) is 15.9 Å². The van der Waals surface area contributed by atoms with Crippen LogP contribution in [0, 0.1) is 5.82 Å². The van der Waals surface area contributed by atoms with Crippen LogP contribution in [-0.2, 0) is 0 Å². The highest BCUT2D eigenvalue weighted by atomic mass is 35.5. The van der Waals surface area contributed by atoms with Crippen LogP contribution in [0.25, 0.3) is 6.08 Å². The van der Waals surface area contributed by atoms with Crippen LogP contribution in [0.4, 0.5) is 10.1 Å². The normalized spacial score (nSPS) is 10.1. The molecule has 0 radical (unpaired) electrons. The number of aromatic hydroxyl groups is 1. The molecule has 0 heterocycles. The molecular weight excluding hydrogens is 281 g/mol. The first kappa shape index (κ1) is 14.1. The third kappa shape index (κ3) is 2.97. The molecule has 2 rings (SSSR count). The number of amides is 1. The van der Waals surface area contributed by atoms with Gasteiger partial charge >= 0.3 is 0 Å². The molecule has 0 atom stereocenters. The lowest BCUT2D eigenvalue weighted by molar-refractivity contribution is 0.102. The summed E-state index contributed by atoms with van der Waals surface area (Å²) in [7, 11) is 0. The molecule has 0 saturated heterocycles. The van der Waals surface area contributed by atoms with Crippen molar-refractivity contribution < 1.29 is 14.3 Å². The minimum absolute atomic E-state index is 0.0387. The number of carbonyl (C=O) groups is 1. The fourth-order valence-electron chi connectivity index (χ4n) is 1.70. The maximum Gasteiger partial charge on any atom is 0.259 e. The number of halogens is 2. The zero-order chi connectivity index (χ0) is 14.7. The molecule has 102 valence electrons. The molecule has 0 saturated carbocycles. The average molecular weight is 292 g/mol. The van der Waals surface area contributed by atoms with Gasteiger partial charge in [0.25, 0.3) is 5.91 Å². The van der Waals surface area contributed by atoms with Crippen LogP contribution in [0.3, 0.4) is 0 Å². The quantitative estimate of drug-likeness (QED) is 0.895. The SMILES string of the molecule is C=Cc1cc(F)ccc1NC(=O)c1cc(Cl)ccc1O. The first-order valence-electron chi connectivity index (χ1n) is 5.73. The second-order valence-electron chi connectivity index (χ2n) is 4.05. The predicted molar refractivity (Wildman–Crippen MR) is 77.6 cm³/mol. The molecule has 3 nitrogen and oxygen atoms in total. The Balaban J connectivity index is 2.32. The molecule has 2 aromatic carbocycles. The van der Waals surface area contributed by atoms with E-state index in [-0.39, 0.29) is 11.3 Å². The number of rotatable bonds is 3. The van der Waals surface area contributed by atoms with Gasteiger partial charge in [-0.3, -0.25) is 4.79 Å². The Morgan fingerprint density at radius 1 is 1.30 bits per heavy atom. The number of anilines is 1. The van der Waals surface area contributed by atoms with Gasteiger partial charge in [-0.15, -0.1) is 0 Å². The summed E-state index contributed by atoms with van der Waals surface area (Å²) in [6, 6.07) is 8.05. The fraction of sp³-hybridized carbons (Fsp3) is 0.